The van der Waals surface area contributed by atoms with Crippen molar-refractivity contribution in [2.45, 2.75) is 89.9 Å². The molecular formula is C18H33NO4. The molecule has 0 spiro atoms. The molecule has 0 atom stereocenters. The maximum atomic E-state index is 12.3. The molecule has 0 saturated heterocycles. The first-order valence-electron chi connectivity index (χ1n) is 9.20. The molecule has 0 bridgehead atoms. The summed E-state index contributed by atoms with van der Waals surface area (Å²) in [5, 5.41) is 9.10. The summed E-state index contributed by atoms with van der Waals surface area (Å²) < 4.78 is 4.89. The number of amides is 1. The topological polar surface area (TPSA) is 75.6 Å². The first-order valence-corrected chi connectivity index (χ1v) is 9.20. The van der Waals surface area contributed by atoms with Crippen LogP contribution in [0.1, 0.15) is 89.9 Å². The van der Waals surface area contributed by atoms with Gasteiger partial charge in [-0.15, -0.1) is 0 Å². The molecule has 1 aliphatic carbocycles. The second kappa shape index (κ2) is 11.4. The molecule has 1 fully saturated rings. The van der Waals surface area contributed by atoms with E-state index in [1.807, 2.05) is 0 Å². The van der Waals surface area contributed by atoms with Crippen molar-refractivity contribution in [3.63, 3.8) is 0 Å². The molecule has 0 aromatic carbocycles. The molecule has 23 heavy (non-hydrogen) atoms. The van der Waals surface area contributed by atoms with Gasteiger partial charge in [-0.3, -0.25) is 14.8 Å². The Morgan fingerprint density at radius 1 is 0.783 bits per heavy atom. The summed E-state index contributed by atoms with van der Waals surface area (Å²) in [5.41, 5.74) is 0.463. The third-order valence-electron chi connectivity index (χ3n) is 5.07. The molecule has 0 aromatic heterocycles. The minimum Gasteiger partial charge on any atom is -0.468 e. The number of rotatable bonds is 2. The molecule has 0 radical (unpaired) electrons. The zero-order valence-corrected chi connectivity index (χ0v) is 14.6. The molecule has 1 rings (SSSR count). The molecule has 0 aliphatic heterocycles. The van der Waals surface area contributed by atoms with E-state index in [0.717, 1.165) is 38.5 Å². The monoisotopic (exact) mass is 327 g/mol. The lowest BCUT2D eigenvalue weighted by atomic mass is 9.77. The molecule has 0 unspecified atom stereocenters. The fourth-order valence-electron chi connectivity index (χ4n) is 3.57. The maximum absolute atomic E-state index is 12.3. The Morgan fingerprint density at radius 3 is 1.43 bits per heavy atom. The van der Waals surface area contributed by atoms with E-state index in [1.54, 1.807) is 5.48 Å². The highest BCUT2D eigenvalue weighted by Gasteiger charge is 2.45. The van der Waals surface area contributed by atoms with Gasteiger partial charge in [0.05, 0.1) is 7.11 Å². The van der Waals surface area contributed by atoms with Crippen LogP contribution in [0.5, 0.6) is 0 Å². The highest BCUT2D eigenvalue weighted by molar-refractivity contribution is 6.02. The number of carbonyl (C=O) groups is 2. The van der Waals surface area contributed by atoms with Crippen molar-refractivity contribution in [1.82, 2.24) is 5.48 Å². The second-order valence-corrected chi connectivity index (χ2v) is 6.76. The van der Waals surface area contributed by atoms with Crippen molar-refractivity contribution >= 4 is 11.9 Å². The quantitative estimate of drug-likeness (QED) is 0.346. The number of methoxy groups -OCH3 is 1. The third-order valence-corrected chi connectivity index (χ3v) is 5.07. The summed E-state index contributed by atoms with van der Waals surface area (Å²) in [7, 11) is 1.31. The van der Waals surface area contributed by atoms with Gasteiger partial charge < -0.3 is 4.74 Å². The van der Waals surface area contributed by atoms with Gasteiger partial charge >= 0.3 is 5.97 Å². The molecule has 134 valence electrons. The van der Waals surface area contributed by atoms with E-state index in [4.69, 9.17) is 9.94 Å². The van der Waals surface area contributed by atoms with Crippen molar-refractivity contribution in [2.24, 2.45) is 5.41 Å². The lowest BCUT2D eigenvalue weighted by Gasteiger charge is -2.28. The van der Waals surface area contributed by atoms with Crippen molar-refractivity contribution < 1.29 is 19.5 Å². The minimum absolute atomic E-state index is 0.450. The SMILES string of the molecule is COC(=O)C1(C(=O)NO)CCCCCCCCCCCCCC1. The Balaban J connectivity index is 2.75. The summed E-state index contributed by atoms with van der Waals surface area (Å²) in [4.78, 5) is 24.5. The predicted octanol–water partition coefficient (Wildman–Crippen LogP) is 4.13. The number of ether oxygens (including phenoxy) is 1. The van der Waals surface area contributed by atoms with Crippen LogP contribution in [0.25, 0.3) is 0 Å². The summed E-state index contributed by atoms with van der Waals surface area (Å²) in [6.45, 7) is 0. The van der Waals surface area contributed by atoms with Gasteiger partial charge in [-0.1, -0.05) is 77.0 Å². The molecular weight excluding hydrogens is 294 g/mol. The normalized spacial score (nSPS) is 21.5. The number of nitrogens with one attached hydrogen (secondary N) is 1. The van der Waals surface area contributed by atoms with Crippen LogP contribution < -0.4 is 5.48 Å². The third kappa shape index (κ3) is 6.50. The highest BCUT2D eigenvalue weighted by atomic mass is 16.5. The number of carbonyl (C=O) groups excluding carboxylic acids is 2. The van der Waals surface area contributed by atoms with Crippen LogP contribution in [0.4, 0.5) is 0 Å². The van der Waals surface area contributed by atoms with Crippen LogP contribution in [-0.2, 0) is 14.3 Å². The lowest BCUT2D eigenvalue weighted by molar-refractivity contribution is -0.163. The Hall–Kier alpha value is -1.10. The van der Waals surface area contributed by atoms with Gasteiger partial charge in [0, 0.05) is 0 Å². The van der Waals surface area contributed by atoms with E-state index < -0.39 is 17.3 Å². The molecule has 5 nitrogen and oxygen atoms in total. The molecule has 0 heterocycles. The van der Waals surface area contributed by atoms with Gasteiger partial charge in [-0.25, -0.2) is 5.48 Å². The van der Waals surface area contributed by atoms with Crippen LogP contribution in [0.2, 0.25) is 0 Å². The van der Waals surface area contributed by atoms with Crippen LogP contribution in [0, 0.1) is 5.41 Å². The minimum atomic E-state index is -1.23. The zero-order valence-electron chi connectivity index (χ0n) is 14.6. The van der Waals surface area contributed by atoms with E-state index >= 15 is 0 Å². The maximum Gasteiger partial charge on any atom is 0.321 e. The zero-order chi connectivity index (χ0) is 17.0. The van der Waals surface area contributed by atoms with Crippen LogP contribution in [-0.4, -0.2) is 24.2 Å². The van der Waals surface area contributed by atoms with Gasteiger partial charge in [0.2, 0.25) is 0 Å². The Morgan fingerprint density at radius 2 is 1.13 bits per heavy atom. The van der Waals surface area contributed by atoms with Crippen molar-refractivity contribution in [2.75, 3.05) is 7.11 Å². The van der Waals surface area contributed by atoms with Crippen LogP contribution in [0.15, 0.2) is 0 Å². The first kappa shape index (κ1) is 19.9. The lowest BCUT2D eigenvalue weighted by Crippen LogP contribution is -2.46. The fraction of sp³-hybridized carbons (Fsp3) is 0.889. The summed E-state index contributed by atoms with van der Waals surface area (Å²) in [6, 6.07) is 0. The molecule has 1 amide bonds. The summed E-state index contributed by atoms with van der Waals surface area (Å²) >= 11 is 0. The smallest absolute Gasteiger partial charge is 0.321 e. The Labute approximate surface area is 140 Å². The average molecular weight is 327 g/mol. The average Bonchev–Trinajstić information content (AvgIpc) is 2.59. The van der Waals surface area contributed by atoms with Crippen molar-refractivity contribution in [1.29, 1.82) is 0 Å². The number of hydrogen-bond donors (Lipinski definition) is 2. The largest absolute Gasteiger partial charge is 0.468 e. The van der Waals surface area contributed by atoms with Gasteiger partial charge in [-0.05, 0) is 12.8 Å². The molecule has 2 N–H and O–H groups in total. The van der Waals surface area contributed by atoms with E-state index in [0.29, 0.717) is 12.8 Å². The van der Waals surface area contributed by atoms with Crippen molar-refractivity contribution in [3.8, 4) is 0 Å². The van der Waals surface area contributed by atoms with E-state index in [1.165, 1.54) is 45.6 Å². The van der Waals surface area contributed by atoms with E-state index in [2.05, 4.69) is 0 Å². The molecule has 1 aliphatic rings. The molecule has 1 saturated carbocycles. The van der Waals surface area contributed by atoms with Gasteiger partial charge in [-0.2, -0.15) is 0 Å². The number of esters is 1. The molecule has 5 heteroatoms. The Bertz CT molecular complexity index is 323. The number of hydroxylamine groups is 1. The van der Waals surface area contributed by atoms with Crippen LogP contribution >= 0.6 is 0 Å². The van der Waals surface area contributed by atoms with Gasteiger partial charge in [0.15, 0.2) is 0 Å². The summed E-state index contributed by atoms with van der Waals surface area (Å²) in [6.07, 6.45) is 14.4. The predicted molar refractivity (Wildman–Crippen MR) is 89.0 cm³/mol. The first-order chi connectivity index (χ1) is 11.2. The van der Waals surface area contributed by atoms with Crippen LogP contribution in [0.3, 0.4) is 0 Å². The van der Waals surface area contributed by atoms with E-state index in [9.17, 15) is 9.59 Å². The fourth-order valence-corrected chi connectivity index (χ4v) is 3.57. The van der Waals surface area contributed by atoms with Gasteiger partial charge in [0.25, 0.3) is 5.91 Å². The Kier molecular flexibility index (Phi) is 9.92. The van der Waals surface area contributed by atoms with Gasteiger partial charge in [0.1, 0.15) is 5.41 Å². The van der Waals surface area contributed by atoms with E-state index in [-0.39, 0.29) is 0 Å². The number of hydrogen-bond acceptors (Lipinski definition) is 4. The van der Waals surface area contributed by atoms with Crippen molar-refractivity contribution in [3.05, 3.63) is 0 Å². The highest BCUT2D eigenvalue weighted by Crippen LogP contribution is 2.34. The standard InChI is InChI=1S/C18H33NO4/c1-23-17(21)18(16(20)19-22)14-12-10-8-6-4-2-3-5-7-9-11-13-15-18/h22H,2-15H2,1H3,(H,19,20). The summed E-state index contributed by atoms with van der Waals surface area (Å²) in [5.74, 6) is -1.14. The second-order valence-electron chi connectivity index (χ2n) is 6.76. The molecule has 0 aromatic rings.